The highest BCUT2D eigenvalue weighted by Crippen LogP contribution is 2.34. The SMILES string of the molecule is CC(C)(C)N1C(=O)OC2CCCCCCCC21. The van der Waals surface area contributed by atoms with Gasteiger partial charge in [-0.3, -0.25) is 4.90 Å². The summed E-state index contributed by atoms with van der Waals surface area (Å²) in [5.74, 6) is 0. The van der Waals surface area contributed by atoms with Gasteiger partial charge >= 0.3 is 6.09 Å². The van der Waals surface area contributed by atoms with Crippen molar-refractivity contribution < 1.29 is 9.53 Å². The van der Waals surface area contributed by atoms with E-state index in [1.807, 2.05) is 4.90 Å². The quantitative estimate of drug-likeness (QED) is 0.645. The molecule has 0 radical (unpaired) electrons. The van der Waals surface area contributed by atoms with Crippen molar-refractivity contribution in [2.24, 2.45) is 0 Å². The number of fused-ring (bicyclic) bond motifs is 1. The molecular weight excluding hydrogens is 214 g/mol. The molecule has 98 valence electrons. The van der Waals surface area contributed by atoms with Crippen LogP contribution >= 0.6 is 0 Å². The van der Waals surface area contributed by atoms with Gasteiger partial charge in [0, 0.05) is 5.54 Å². The normalized spacial score (nSPS) is 31.2. The Morgan fingerprint density at radius 1 is 1.06 bits per heavy atom. The average molecular weight is 239 g/mol. The molecule has 2 rings (SSSR count). The van der Waals surface area contributed by atoms with Gasteiger partial charge in [0.25, 0.3) is 0 Å². The van der Waals surface area contributed by atoms with E-state index in [1.165, 1.54) is 32.1 Å². The van der Waals surface area contributed by atoms with E-state index in [0.29, 0.717) is 6.04 Å². The number of rotatable bonds is 0. The van der Waals surface area contributed by atoms with Gasteiger partial charge in [-0.1, -0.05) is 25.7 Å². The van der Waals surface area contributed by atoms with Gasteiger partial charge in [-0.2, -0.15) is 0 Å². The molecule has 2 atom stereocenters. The minimum Gasteiger partial charge on any atom is -0.444 e. The lowest BCUT2D eigenvalue weighted by atomic mass is 9.96. The molecule has 1 aliphatic carbocycles. The van der Waals surface area contributed by atoms with E-state index in [0.717, 1.165) is 12.8 Å². The summed E-state index contributed by atoms with van der Waals surface area (Å²) in [7, 11) is 0. The monoisotopic (exact) mass is 239 g/mol. The van der Waals surface area contributed by atoms with Gasteiger partial charge in [-0.25, -0.2) is 4.79 Å². The lowest BCUT2D eigenvalue weighted by molar-refractivity contribution is 0.116. The van der Waals surface area contributed by atoms with E-state index in [9.17, 15) is 4.79 Å². The highest BCUT2D eigenvalue weighted by atomic mass is 16.6. The van der Waals surface area contributed by atoms with Crippen LogP contribution in [0.2, 0.25) is 0 Å². The highest BCUT2D eigenvalue weighted by molar-refractivity contribution is 5.71. The van der Waals surface area contributed by atoms with Crippen molar-refractivity contribution in [3.8, 4) is 0 Å². The van der Waals surface area contributed by atoms with Crippen molar-refractivity contribution in [1.29, 1.82) is 0 Å². The van der Waals surface area contributed by atoms with Crippen LogP contribution in [0.25, 0.3) is 0 Å². The molecule has 3 nitrogen and oxygen atoms in total. The molecule has 0 bridgehead atoms. The molecule has 1 saturated heterocycles. The minimum atomic E-state index is -0.120. The topological polar surface area (TPSA) is 29.5 Å². The predicted octanol–water partition coefficient (Wildman–Crippen LogP) is 3.72. The molecule has 17 heavy (non-hydrogen) atoms. The summed E-state index contributed by atoms with van der Waals surface area (Å²) in [6.07, 6.45) is 8.54. The first-order valence-electron chi connectivity index (χ1n) is 7.00. The van der Waals surface area contributed by atoms with Crippen molar-refractivity contribution >= 4 is 6.09 Å². The Hall–Kier alpha value is -0.730. The van der Waals surface area contributed by atoms with Crippen LogP contribution in [0.1, 0.15) is 65.7 Å². The second-order valence-corrected chi connectivity index (χ2v) is 6.38. The van der Waals surface area contributed by atoms with Gasteiger partial charge in [0.1, 0.15) is 6.10 Å². The molecule has 1 heterocycles. The maximum Gasteiger partial charge on any atom is 0.410 e. The number of hydrogen-bond acceptors (Lipinski definition) is 2. The molecule has 0 aromatic carbocycles. The average Bonchev–Trinajstić information content (AvgIpc) is 2.55. The molecule has 0 aromatic rings. The zero-order chi connectivity index (χ0) is 12.5. The third-order valence-electron chi connectivity index (χ3n) is 3.92. The fourth-order valence-corrected chi connectivity index (χ4v) is 3.13. The predicted molar refractivity (Wildman–Crippen MR) is 68.0 cm³/mol. The zero-order valence-corrected chi connectivity index (χ0v) is 11.4. The fraction of sp³-hybridized carbons (Fsp3) is 0.929. The summed E-state index contributed by atoms with van der Waals surface area (Å²) in [6, 6.07) is 0.306. The highest BCUT2D eigenvalue weighted by Gasteiger charge is 2.45. The van der Waals surface area contributed by atoms with Gasteiger partial charge in [0.15, 0.2) is 0 Å². The van der Waals surface area contributed by atoms with Crippen LogP contribution in [0.5, 0.6) is 0 Å². The van der Waals surface area contributed by atoms with Crippen molar-refractivity contribution in [2.75, 3.05) is 0 Å². The van der Waals surface area contributed by atoms with Gasteiger partial charge in [0.2, 0.25) is 0 Å². The van der Waals surface area contributed by atoms with E-state index in [2.05, 4.69) is 20.8 Å². The number of carbonyl (C=O) groups excluding carboxylic acids is 1. The molecule has 1 amide bonds. The van der Waals surface area contributed by atoms with Crippen LogP contribution in [0.15, 0.2) is 0 Å². The number of ether oxygens (including phenoxy) is 1. The first-order chi connectivity index (χ1) is 8.00. The first-order valence-corrected chi connectivity index (χ1v) is 7.00. The molecule has 0 aromatic heterocycles. The maximum absolute atomic E-state index is 12.0. The second kappa shape index (κ2) is 4.87. The molecule has 2 fully saturated rings. The summed E-state index contributed by atoms with van der Waals surface area (Å²) in [6.45, 7) is 6.30. The Labute approximate surface area is 105 Å². The standard InChI is InChI=1S/C14H25NO2/c1-14(2,3)15-11-9-7-5-4-6-8-10-12(11)17-13(15)16/h11-12H,4-10H2,1-3H3. The molecular formula is C14H25NO2. The Bertz CT molecular complexity index is 282. The molecule has 2 aliphatic rings. The van der Waals surface area contributed by atoms with Crippen LogP contribution in [0, 0.1) is 0 Å². The summed E-state index contributed by atoms with van der Waals surface area (Å²) in [5.41, 5.74) is -0.120. The largest absolute Gasteiger partial charge is 0.444 e. The van der Waals surface area contributed by atoms with E-state index in [1.54, 1.807) is 0 Å². The number of hydrogen-bond donors (Lipinski definition) is 0. The second-order valence-electron chi connectivity index (χ2n) is 6.38. The molecule has 1 saturated carbocycles. The van der Waals surface area contributed by atoms with Crippen LogP contribution in [-0.2, 0) is 4.74 Å². The third kappa shape index (κ3) is 2.75. The van der Waals surface area contributed by atoms with E-state index >= 15 is 0 Å². The van der Waals surface area contributed by atoms with Crippen molar-refractivity contribution in [3.63, 3.8) is 0 Å². The van der Waals surface area contributed by atoms with Crippen LogP contribution in [0.4, 0.5) is 4.79 Å². The Balaban J connectivity index is 2.14. The number of nitrogens with zero attached hydrogens (tertiary/aromatic N) is 1. The molecule has 0 spiro atoms. The van der Waals surface area contributed by atoms with Crippen molar-refractivity contribution in [2.45, 2.75) is 83.4 Å². The number of amides is 1. The maximum atomic E-state index is 12.0. The van der Waals surface area contributed by atoms with Crippen LogP contribution in [-0.4, -0.2) is 28.7 Å². The van der Waals surface area contributed by atoms with E-state index in [-0.39, 0.29) is 17.7 Å². The van der Waals surface area contributed by atoms with Gasteiger partial charge < -0.3 is 4.74 Å². The zero-order valence-electron chi connectivity index (χ0n) is 11.4. The molecule has 3 heteroatoms. The fourth-order valence-electron chi connectivity index (χ4n) is 3.13. The third-order valence-corrected chi connectivity index (χ3v) is 3.92. The summed E-state index contributed by atoms with van der Waals surface area (Å²) in [5, 5.41) is 0. The van der Waals surface area contributed by atoms with Crippen LogP contribution < -0.4 is 0 Å². The van der Waals surface area contributed by atoms with Crippen LogP contribution in [0.3, 0.4) is 0 Å². The lowest BCUT2D eigenvalue weighted by Gasteiger charge is -2.35. The Morgan fingerprint density at radius 2 is 1.65 bits per heavy atom. The lowest BCUT2D eigenvalue weighted by Crippen LogP contribution is -2.48. The smallest absolute Gasteiger partial charge is 0.410 e. The summed E-state index contributed by atoms with van der Waals surface area (Å²) in [4.78, 5) is 14.0. The number of carbonyl (C=O) groups is 1. The Kier molecular flexibility index (Phi) is 3.64. The molecule has 0 N–H and O–H groups in total. The van der Waals surface area contributed by atoms with Crippen molar-refractivity contribution in [1.82, 2.24) is 4.90 Å². The minimum absolute atomic E-state index is 0.104. The van der Waals surface area contributed by atoms with Gasteiger partial charge in [0.05, 0.1) is 6.04 Å². The van der Waals surface area contributed by atoms with Gasteiger partial charge in [-0.15, -0.1) is 0 Å². The van der Waals surface area contributed by atoms with Gasteiger partial charge in [-0.05, 0) is 40.0 Å². The van der Waals surface area contributed by atoms with E-state index in [4.69, 9.17) is 4.74 Å². The Morgan fingerprint density at radius 3 is 2.29 bits per heavy atom. The van der Waals surface area contributed by atoms with Crippen molar-refractivity contribution in [3.05, 3.63) is 0 Å². The summed E-state index contributed by atoms with van der Waals surface area (Å²) < 4.78 is 5.58. The summed E-state index contributed by atoms with van der Waals surface area (Å²) >= 11 is 0. The van der Waals surface area contributed by atoms with E-state index < -0.39 is 0 Å². The molecule has 2 unspecified atom stereocenters. The molecule has 1 aliphatic heterocycles. The first kappa shape index (κ1) is 12.7.